The number of nitriles is 1. The number of hydrogen-bond donors (Lipinski definition) is 1. The molecule has 7 aromatic rings. The van der Waals surface area contributed by atoms with Crippen LogP contribution in [0.15, 0.2) is 85.2 Å². The van der Waals surface area contributed by atoms with Crippen LogP contribution in [0.5, 0.6) is 11.5 Å². The van der Waals surface area contributed by atoms with Crippen LogP contribution in [0.2, 0.25) is 10.0 Å². The van der Waals surface area contributed by atoms with Crippen molar-refractivity contribution in [2.75, 3.05) is 13.2 Å². The molecule has 0 saturated carbocycles. The topological polar surface area (TPSA) is 114 Å². The van der Waals surface area contributed by atoms with E-state index in [-0.39, 0.29) is 0 Å². The van der Waals surface area contributed by atoms with Gasteiger partial charge < -0.3 is 14.5 Å². The molecule has 0 unspecified atom stereocenters. The monoisotopic (exact) mass is 1250 g/mol. The molecule has 1 aliphatic rings. The normalized spacial score (nSPS) is 13.0. The van der Waals surface area contributed by atoms with Gasteiger partial charge in [0.05, 0.1) is 63.8 Å². The van der Waals surface area contributed by atoms with Gasteiger partial charge >= 0.3 is 0 Å². The van der Waals surface area contributed by atoms with E-state index in [1.807, 2.05) is 62.4 Å². The van der Waals surface area contributed by atoms with E-state index in [4.69, 9.17) is 59.2 Å². The van der Waals surface area contributed by atoms with Crippen molar-refractivity contribution in [2.45, 2.75) is 252 Å². The second-order valence-electron chi connectivity index (χ2n) is 25.5. The molecule has 0 aliphatic heterocycles. The average molecular weight is 1250 g/mol. The molecule has 0 radical (unpaired) electrons. The number of nitrogens with one attached hydrogen (secondary N) is 1. The molecule has 4 aromatic carbocycles. The Bertz CT molecular complexity index is 3610. The van der Waals surface area contributed by atoms with Gasteiger partial charge in [-0.25, -0.2) is 9.83 Å². The van der Waals surface area contributed by atoms with E-state index in [2.05, 4.69) is 54.0 Å². The fourth-order valence-electron chi connectivity index (χ4n) is 13.0. The van der Waals surface area contributed by atoms with Crippen LogP contribution in [-0.2, 0) is 0 Å². The molecule has 9 nitrogen and oxygen atoms in total. The first-order valence-electron chi connectivity index (χ1n) is 35.0. The minimum Gasteiger partial charge on any atom is -0.494 e. The van der Waals surface area contributed by atoms with E-state index < -0.39 is 0 Å². The van der Waals surface area contributed by atoms with Crippen LogP contribution in [0, 0.1) is 31.8 Å². The van der Waals surface area contributed by atoms with E-state index >= 15 is 0 Å². The van der Waals surface area contributed by atoms with Gasteiger partial charge in [0.1, 0.15) is 39.9 Å². The van der Waals surface area contributed by atoms with E-state index in [0.29, 0.717) is 79.8 Å². The Kier molecular flexibility index (Phi) is 29.6. The second kappa shape index (κ2) is 38.4. The molecule has 478 valence electrons. The van der Waals surface area contributed by atoms with Gasteiger partial charge in [-0.1, -0.05) is 255 Å². The summed E-state index contributed by atoms with van der Waals surface area (Å²) in [6.45, 7) is 18.7. The first-order chi connectivity index (χ1) is 44.2. The zero-order chi connectivity index (χ0) is 63.1. The summed E-state index contributed by atoms with van der Waals surface area (Å²) >= 11 is 13.4. The number of fused-ring (bicyclic) bond motifs is 3. The maximum absolute atomic E-state index is 11.4. The lowest BCUT2D eigenvalue weighted by molar-refractivity contribution is 0.304. The lowest BCUT2D eigenvalue weighted by atomic mass is 9.98. The predicted octanol–water partition coefficient (Wildman–Crippen LogP) is 22.7. The van der Waals surface area contributed by atoms with Crippen LogP contribution in [-0.4, -0.2) is 38.1 Å². The summed E-state index contributed by atoms with van der Waals surface area (Å²) in [5, 5.41) is 13.8. The van der Waals surface area contributed by atoms with Gasteiger partial charge in [0.2, 0.25) is 5.70 Å². The van der Waals surface area contributed by atoms with E-state index in [1.54, 1.807) is 12.4 Å². The summed E-state index contributed by atoms with van der Waals surface area (Å²) in [4.78, 5) is 27.7. The fourth-order valence-corrected chi connectivity index (χ4v) is 13.6. The third-order valence-corrected chi connectivity index (χ3v) is 18.7. The molecule has 90 heavy (non-hydrogen) atoms. The Morgan fingerprint density at radius 3 is 1.30 bits per heavy atom. The van der Waals surface area contributed by atoms with Crippen molar-refractivity contribution in [3.63, 3.8) is 0 Å². The minimum absolute atomic E-state index is 0.311. The SMILES string of the molecule is [C-]#[N+]/C(=C1/CC(c2ccc(OCCCCCCCCCCCCCCCCCCC)cc2)=c2c1c(-c1ccc(OCCCCCCCCCCCCCCCCCCC)cc1)[nH]/c2=C(/C#N)c1cnc2c(Cl)cc(C)cc2n1)c1cnc2c(Cl)cc(C)cc2n1. The highest BCUT2D eigenvalue weighted by atomic mass is 35.5. The molecule has 11 heteroatoms. The molecule has 0 bridgehead atoms. The number of ether oxygens (including phenoxy) is 2. The summed E-state index contributed by atoms with van der Waals surface area (Å²) in [5.74, 6) is 1.60. The Balaban J connectivity index is 0.993. The van der Waals surface area contributed by atoms with Gasteiger partial charge in [0.25, 0.3) is 0 Å². The molecular formula is C79H101Cl2N7O2. The first kappa shape index (κ1) is 69.4. The number of hydrogen-bond acceptors (Lipinski definition) is 7. The lowest BCUT2D eigenvalue weighted by Gasteiger charge is -2.12. The Labute approximate surface area is 549 Å². The molecule has 0 atom stereocenters. The zero-order valence-electron chi connectivity index (χ0n) is 55.0. The molecule has 1 aliphatic carbocycles. The van der Waals surface area contributed by atoms with Crippen molar-refractivity contribution < 1.29 is 9.47 Å². The molecule has 3 heterocycles. The number of unbranched alkanes of at least 4 members (excludes halogenated alkanes) is 32. The van der Waals surface area contributed by atoms with Gasteiger partial charge in [-0.2, -0.15) is 5.26 Å². The number of aromatic nitrogens is 5. The molecule has 0 saturated heterocycles. The Morgan fingerprint density at radius 1 is 0.522 bits per heavy atom. The average Bonchev–Trinajstić information content (AvgIpc) is 1.57. The Morgan fingerprint density at radius 2 is 0.900 bits per heavy atom. The standard InChI is InChI=1S/C79H101Cl2N7O2/c1-6-8-10-12-14-16-18-20-22-24-26-28-30-32-34-36-38-48-89-62-44-40-60(41-45-62)64-54-65(76(83-5)72-57-85-79-68(81)51-59(4)53-70(79)87-72)74-73(64)77(66(55-82)71-56-84-78-67(80)50-58(3)52-69(78)86-71)88-75(74)61-42-46-63(47-43-61)90-49-39-37-35-33-31-29-27-25-23-21-19-17-15-13-11-9-7-2/h40-47,50-53,56-57,88H,6-39,48-49,54H2,1-4H3/b76-65-,77-66-. The Hall–Kier alpha value is -6.52. The number of nitrogens with zero attached hydrogens (tertiary/aromatic N) is 6. The molecule has 0 fully saturated rings. The number of benzene rings is 4. The van der Waals surface area contributed by atoms with E-state index in [0.717, 1.165) is 87.1 Å². The van der Waals surface area contributed by atoms with Crippen LogP contribution in [0.1, 0.15) is 272 Å². The van der Waals surface area contributed by atoms with Gasteiger partial charge in [0, 0.05) is 17.0 Å². The van der Waals surface area contributed by atoms with Gasteiger partial charge in [-0.05, 0) is 127 Å². The molecule has 0 spiro atoms. The summed E-state index contributed by atoms with van der Waals surface area (Å²) in [7, 11) is 0. The van der Waals surface area contributed by atoms with E-state index in [1.165, 1.54) is 193 Å². The zero-order valence-corrected chi connectivity index (χ0v) is 56.5. The van der Waals surface area contributed by atoms with Crippen LogP contribution >= 0.6 is 23.2 Å². The third kappa shape index (κ3) is 20.7. The number of H-pyrrole nitrogens is 1. The van der Waals surface area contributed by atoms with Crippen molar-refractivity contribution in [2.24, 2.45) is 0 Å². The summed E-state index contributed by atoms with van der Waals surface area (Å²) in [6, 6.07) is 26.6. The highest BCUT2D eigenvalue weighted by molar-refractivity contribution is 6.35. The van der Waals surface area contributed by atoms with Crippen molar-refractivity contribution in [1.29, 1.82) is 5.26 Å². The summed E-state index contributed by atoms with van der Waals surface area (Å²) < 4.78 is 12.7. The van der Waals surface area contributed by atoms with Crippen molar-refractivity contribution >= 4 is 67.7 Å². The molecular weight excluding hydrogens is 1150 g/mol. The van der Waals surface area contributed by atoms with Crippen molar-refractivity contribution in [3.05, 3.63) is 151 Å². The number of halogens is 2. The first-order valence-corrected chi connectivity index (χ1v) is 35.8. The predicted molar refractivity (Wildman–Crippen MR) is 378 cm³/mol. The minimum atomic E-state index is 0.311. The molecule has 3 aromatic heterocycles. The third-order valence-electron chi connectivity index (χ3n) is 18.1. The van der Waals surface area contributed by atoms with Crippen molar-refractivity contribution in [3.8, 4) is 28.8 Å². The molecule has 0 amide bonds. The van der Waals surface area contributed by atoms with Gasteiger partial charge in [-0.3, -0.25) is 15.0 Å². The number of aromatic amines is 1. The fraction of sp³-hybridized carbons (Fsp3) is 0.519. The number of allylic oxidation sites excluding steroid dienone is 1. The van der Waals surface area contributed by atoms with Gasteiger partial charge in [-0.15, -0.1) is 0 Å². The largest absolute Gasteiger partial charge is 0.494 e. The number of rotatable bonds is 42. The van der Waals surface area contributed by atoms with Gasteiger partial charge in [0.15, 0.2) is 0 Å². The van der Waals surface area contributed by atoms with Crippen LogP contribution in [0.3, 0.4) is 0 Å². The smallest absolute Gasteiger partial charge is 0.218 e. The van der Waals surface area contributed by atoms with Crippen LogP contribution in [0.25, 0.3) is 60.6 Å². The van der Waals surface area contributed by atoms with Crippen LogP contribution in [0.4, 0.5) is 0 Å². The summed E-state index contributed by atoms with van der Waals surface area (Å²) in [5.41, 5.74) is 10.8. The highest BCUT2D eigenvalue weighted by Crippen LogP contribution is 2.42. The van der Waals surface area contributed by atoms with Crippen molar-refractivity contribution in [1.82, 2.24) is 24.9 Å². The maximum atomic E-state index is 11.4. The number of aryl methyl sites for hydroxylation is 2. The highest BCUT2D eigenvalue weighted by Gasteiger charge is 2.31. The molecule has 8 rings (SSSR count). The quantitative estimate of drug-likeness (QED) is 0.0299. The maximum Gasteiger partial charge on any atom is 0.218 e. The lowest BCUT2D eigenvalue weighted by Crippen LogP contribution is -2.28. The van der Waals surface area contributed by atoms with E-state index in [9.17, 15) is 5.26 Å². The summed E-state index contributed by atoms with van der Waals surface area (Å²) in [6.07, 6.45) is 49.0. The molecule has 1 N–H and O–H groups in total. The second-order valence-corrected chi connectivity index (χ2v) is 26.3. The van der Waals surface area contributed by atoms with Crippen LogP contribution < -0.4 is 20.0 Å².